The van der Waals surface area contributed by atoms with Crippen LogP contribution in [-0.2, 0) is 0 Å². The molecule has 0 radical (unpaired) electrons. The first-order chi connectivity index (χ1) is 8.29. The van der Waals surface area contributed by atoms with Crippen molar-refractivity contribution in [3.63, 3.8) is 0 Å². The number of rotatable bonds is 4. The highest BCUT2D eigenvalue weighted by Crippen LogP contribution is 2.48. The van der Waals surface area contributed by atoms with Crippen LogP contribution in [0.3, 0.4) is 0 Å². The molecular formula is C15H27NO. The minimum atomic E-state index is -0.118. The van der Waals surface area contributed by atoms with E-state index in [2.05, 4.69) is 6.08 Å². The highest BCUT2D eigenvalue weighted by Gasteiger charge is 2.42. The van der Waals surface area contributed by atoms with Crippen LogP contribution in [0.2, 0.25) is 0 Å². The van der Waals surface area contributed by atoms with Gasteiger partial charge in [-0.3, -0.25) is 0 Å². The Balaban J connectivity index is 2.18. The van der Waals surface area contributed by atoms with Crippen LogP contribution in [0.4, 0.5) is 0 Å². The molecule has 1 fully saturated rings. The lowest BCUT2D eigenvalue weighted by Crippen LogP contribution is -2.40. The summed E-state index contributed by atoms with van der Waals surface area (Å²) in [7, 11) is 0. The monoisotopic (exact) mass is 237 g/mol. The van der Waals surface area contributed by atoms with E-state index in [-0.39, 0.29) is 11.5 Å². The van der Waals surface area contributed by atoms with Crippen molar-refractivity contribution >= 4 is 0 Å². The van der Waals surface area contributed by atoms with Crippen LogP contribution in [0.1, 0.15) is 64.2 Å². The van der Waals surface area contributed by atoms with Gasteiger partial charge >= 0.3 is 0 Å². The Bertz CT molecular complexity index is 274. The standard InChI is InChI=1S/C15H27NO/c16-12-6-11-15(10-5-4-9-14(15)17)13-7-2-1-3-8-13/h7,14,17H,1-6,8-12,16H2/t14-,15+/m0/s1. The average molecular weight is 237 g/mol. The third kappa shape index (κ3) is 2.74. The van der Waals surface area contributed by atoms with Gasteiger partial charge in [-0.25, -0.2) is 0 Å². The Morgan fingerprint density at radius 2 is 2.18 bits per heavy atom. The molecular weight excluding hydrogens is 210 g/mol. The molecule has 0 aliphatic heterocycles. The minimum Gasteiger partial charge on any atom is -0.392 e. The molecule has 2 rings (SSSR count). The lowest BCUT2D eigenvalue weighted by Gasteiger charge is -2.45. The van der Waals surface area contributed by atoms with Gasteiger partial charge in [-0.1, -0.05) is 24.5 Å². The van der Waals surface area contributed by atoms with Crippen LogP contribution in [-0.4, -0.2) is 17.8 Å². The molecule has 0 aromatic rings. The van der Waals surface area contributed by atoms with Crippen LogP contribution >= 0.6 is 0 Å². The number of hydrogen-bond acceptors (Lipinski definition) is 2. The van der Waals surface area contributed by atoms with Crippen molar-refractivity contribution in [2.75, 3.05) is 6.54 Å². The van der Waals surface area contributed by atoms with Crippen LogP contribution in [0.15, 0.2) is 11.6 Å². The number of hydrogen-bond donors (Lipinski definition) is 2. The van der Waals surface area contributed by atoms with Gasteiger partial charge in [0, 0.05) is 5.41 Å². The van der Waals surface area contributed by atoms with Crippen molar-refractivity contribution in [2.24, 2.45) is 11.1 Å². The largest absolute Gasteiger partial charge is 0.392 e. The van der Waals surface area contributed by atoms with Crippen LogP contribution < -0.4 is 5.73 Å². The highest BCUT2D eigenvalue weighted by atomic mass is 16.3. The van der Waals surface area contributed by atoms with E-state index in [1.165, 1.54) is 44.9 Å². The Morgan fingerprint density at radius 1 is 1.29 bits per heavy atom. The first kappa shape index (κ1) is 13.1. The van der Waals surface area contributed by atoms with Gasteiger partial charge in [-0.2, -0.15) is 0 Å². The van der Waals surface area contributed by atoms with E-state index in [1.807, 2.05) is 0 Å². The third-order valence-electron chi connectivity index (χ3n) is 4.75. The summed E-state index contributed by atoms with van der Waals surface area (Å²) in [5.41, 5.74) is 7.33. The first-order valence-corrected chi connectivity index (χ1v) is 7.37. The SMILES string of the molecule is NCCC[C@@]1(C2=CCCCC2)CCCC[C@@H]1O. The zero-order valence-corrected chi connectivity index (χ0v) is 11.0. The molecule has 0 heterocycles. The van der Waals surface area contributed by atoms with E-state index in [4.69, 9.17) is 5.73 Å². The van der Waals surface area contributed by atoms with Crippen molar-refractivity contribution in [2.45, 2.75) is 70.3 Å². The zero-order valence-electron chi connectivity index (χ0n) is 11.0. The molecule has 0 aromatic carbocycles. The van der Waals surface area contributed by atoms with Crippen LogP contribution in [0, 0.1) is 5.41 Å². The topological polar surface area (TPSA) is 46.2 Å². The fourth-order valence-electron chi connectivity index (χ4n) is 3.76. The third-order valence-corrected chi connectivity index (χ3v) is 4.75. The van der Waals surface area contributed by atoms with Crippen LogP contribution in [0.25, 0.3) is 0 Å². The zero-order chi connectivity index (χ0) is 12.1. The molecule has 0 bridgehead atoms. The van der Waals surface area contributed by atoms with Crippen molar-refractivity contribution in [1.82, 2.24) is 0 Å². The molecule has 98 valence electrons. The average Bonchev–Trinajstić information content (AvgIpc) is 2.39. The molecule has 2 heteroatoms. The Morgan fingerprint density at radius 3 is 2.82 bits per heavy atom. The Labute approximate surface area is 105 Å². The van der Waals surface area contributed by atoms with E-state index in [0.717, 1.165) is 25.8 Å². The molecule has 2 nitrogen and oxygen atoms in total. The number of allylic oxidation sites excluding steroid dienone is 1. The molecule has 0 aromatic heterocycles. The summed E-state index contributed by atoms with van der Waals surface area (Å²) < 4.78 is 0. The van der Waals surface area contributed by atoms with Gasteiger partial charge < -0.3 is 10.8 Å². The van der Waals surface area contributed by atoms with E-state index in [1.54, 1.807) is 5.57 Å². The van der Waals surface area contributed by atoms with E-state index < -0.39 is 0 Å². The van der Waals surface area contributed by atoms with E-state index in [0.29, 0.717) is 0 Å². The van der Waals surface area contributed by atoms with Gasteiger partial charge in [0.1, 0.15) is 0 Å². The molecule has 0 unspecified atom stereocenters. The number of aliphatic hydroxyl groups is 1. The number of nitrogens with two attached hydrogens (primary N) is 1. The molecule has 3 N–H and O–H groups in total. The molecule has 0 saturated heterocycles. The summed E-state index contributed by atoms with van der Waals surface area (Å²) in [6.45, 7) is 0.752. The molecule has 0 spiro atoms. The molecule has 1 saturated carbocycles. The normalized spacial score (nSPS) is 34.5. The summed E-state index contributed by atoms with van der Waals surface area (Å²) in [5, 5.41) is 10.5. The van der Waals surface area contributed by atoms with Gasteiger partial charge in [0.25, 0.3) is 0 Å². The predicted molar refractivity (Wildman–Crippen MR) is 71.7 cm³/mol. The van der Waals surface area contributed by atoms with Crippen molar-refractivity contribution in [1.29, 1.82) is 0 Å². The molecule has 2 aliphatic carbocycles. The maximum absolute atomic E-state index is 10.5. The lowest BCUT2D eigenvalue weighted by atomic mass is 9.62. The summed E-state index contributed by atoms with van der Waals surface area (Å²) in [4.78, 5) is 0. The highest BCUT2D eigenvalue weighted by molar-refractivity contribution is 5.20. The maximum atomic E-state index is 10.5. The summed E-state index contributed by atoms with van der Waals surface area (Å²) >= 11 is 0. The second-order valence-corrected chi connectivity index (χ2v) is 5.79. The van der Waals surface area contributed by atoms with Gasteiger partial charge in [0.2, 0.25) is 0 Å². The minimum absolute atomic E-state index is 0.0953. The van der Waals surface area contributed by atoms with Crippen LogP contribution in [0.5, 0.6) is 0 Å². The second kappa shape index (κ2) is 6.01. The molecule has 0 amide bonds. The fourth-order valence-corrected chi connectivity index (χ4v) is 3.76. The Hall–Kier alpha value is -0.340. The Kier molecular flexibility index (Phi) is 4.63. The lowest BCUT2D eigenvalue weighted by molar-refractivity contribution is 0.00360. The number of aliphatic hydroxyl groups excluding tert-OH is 1. The quantitative estimate of drug-likeness (QED) is 0.738. The molecule has 17 heavy (non-hydrogen) atoms. The second-order valence-electron chi connectivity index (χ2n) is 5.79. The van der Waals surface area contributed by atoms with E-state index >= 15 is 0 Å². The fraction of sp³-hybridized carbons (Fsp3) is 0.867. The van der Waals surface area contributed by atoms with Crippen molar-refractivity contribution in [3.8, 4) is 0 Å². The molecule has 2 atom stereocenters. The summed E-state index contributed by atoms with van der Waals surface area (Å²) in [6.07, 6.45) is 14.1. The van der Waals surface area contributed by atoms with E-state index in [9.17, 15) is 5.11 Å². The van der Waals surface area contributed by atoms with Gasteiger partial charge in [-0.15, -0.1) is 0 Å². The summed E-state index contributed by atoms with van der Waals surface area (Å²) in [6, 6.07) is 0. The van der Waals surface area contributed by atoms with Crippen molar-refractivity contribution in [3.05, 3.63) is 11.6 Å². The van der Waals surface area contributed by atoms with Gasteiger partial charge in [-0.05, 0) is 57.9 Å². The van der Waals surface area contributed by atoms with Crippen molar-refractivity contribution < 1.29 is 5.11 Å². The smallest absolute Gasteiger partial charge is 0.0633 e. The predicted octanol–water partition coefficient (Wildman–Crippen LogP) is 3.15. The van der Waals surface area contributed by atoms with Gasteiger partial charge in [0.05, 0.1) is 6.10 Å². The molecule has 2 aliphatic rings. The van der Waals surface area contributed by atoms with Gasteiger partial charge in [0.15, 0.2) is 0 Å². The maximum Gasteiger partial charge on any atom is 0.0633 e. The first-order valence-electron chi connectivity index (χ1n) is 7.37. The summed E-state index contributed by atoms with van der Waals surface area (Å²) in [5.74, 6) is 0.